The highest BCUT2D eigenvalue weighted by Crippen LogP contribution is 1.85. The predicted molar refractivity (Wildman–Crippen MR) is 48.7 cm³/mol. The zero-order chi connectivity index (χ0) is 10.1. The van der Waals surface area contributed by atoms with Crippen molar-refractivity contribution < 1.29 is 15.0 Å². The summed E-state index contributed by atoms with van der Waals surface area (Å²) in [5, 5.41) is 17.1. The summed E-state index contributed by atoms with van der Waals surface area (Å²) in [7, 11) is 0. The van der Waals surface area contributed by atoms with Crippen molar-refractivity contribution in [1.82, 2.24) is 0 Å². The number of aliphatic hydroxyl groups is 1. The van der Waals surface area contributed by atoms with Crippen molar-refractivity contribution >= 4 is 5.97 Å². The number of carboxylic acid groups (broad SMARTS) is 1. The molecule has 0 aromatic rings. The second-order valence-corrected chi connectivity index (χ2v) is 2.55. The molecule has 13 heavy (non-hydrogen) atoms. The fourth-order valence-corrected chi connectivity index (χ4v) is 0.519. The average Bonchev–Trinajstić information content (AvgIpc) is 2.01. The van der Waals surface area contributed by atoms with Crippen LogP contribution in [0.5, 0.6) is 0 Å². The van der Waals surface area contributed by atoms with Gasteiger partial charge in [0.2, 0.25) is 0 Å². The topological polar surface area (TPSA) is 57.5 Å². The first-order chi connectivity index (χ1) is 6.13. The van der Waals surface area contributed by atoms with E-state index in [9.17, 15) is 4.79 Å². The molecule has 0 fully saturated rings. The Hall–Kier alpha value is -1.45. The maximum absolute atomic E-state index is 10.0. The van der Waals surface area contributed by atoms with Crippen LogP contribution in [0.2, 0.25) is 0 Å². The summed E-state index contributed by atoms with van der Waals surface area (Å²) in [5.74, 6) is 9.44. The maximum Gasteiger partial charge on any atom is 0.304 e. The van der Waals surface area contributed by atoms with Crippen molar-refractivity contribution in [2.45, 2.75) is 32.3 Å². The van der Waals surface area contributed by atoms with Gasteiger partial charge in [0.05, 0.1) is 12.5 Å². The lowest BCUT2D eigenvalue weighted by molar-refractivity contribution is -0.136. The highest BCUT2D eigenvalue weighted by atomic mass is 16.4. The molecule has 0 radical (unpaired) electrons. The lowest BCUT2D eigenvalue weighted by atomic mass is 10.3. The molecule has 0 saturated carbocycles. The molecule has 3 heteroatoms. The van der Waals surface area contributed by atoms with Gasteiger partial charge in [-0.05, 0) is 18.8 Å². The molecule has 0 aromatic heterocycles. The van der Waals surface area contributed by atoms with Crippen LogP contribution in [0, 0.1) is 23.7 Å². The Morgan fingerprint density at radius 3 is 2.54 bits per heavy atom. The molecule has 0 heterocycles. The van der Waals surface area contributed by atoms with E-state index in [0.29, 0.717) is 12.8 Å². The third-order valence-corrected chi connectivity index (χ3v) is 1.10. The van der Waals surface area contributed by atoms with Crippen LogP contribution in [0.3, 0.4) is 0 Å². The van der Waals surface area contributed by atoms with Crippen molar-refractivity contribution in [1.29, 1.82) is 0 Å². The second-order valence-electron chi connectivity index (χ2n) is 2.55. The minimum absolute atomic E-state index is 0.0467. The van der Waals surface area contributed by atoms with Crippen LogP contribution >= 0.6 is 0 Å². The van der Waals surface area contributed by atoms with Gasteiger partial charge in [0.25, 0.3) is 0 Å². The van der Waals surface area contributed by atoms with Crippen LogP contribution in [-0.2, 0) is 4.79 Å². The Morgan fingerprint density at radius 1 is 1.38 bits per heavy atom. The molecule has 0 aliphatic heterocycles. The van der Waals surface area contributed by atoms with Crippen LogP contribution in [0.1, 0.15) is 26.2 Å². The molecule has 2 N–H and O–H groups in total. The second kappa shape index (κ2) is 7.21. The van der Waals surface area contributed by atoms with Gasteiger partial charge in [0.15, 0.2) is 0 Å². The zero-order valence-electron chi connectivity index (χ0n) is 7.50. The number of carbonyl (C=O) groups is 1. The number of hydrogen-bond acceptors (Lipinski definition) is 2. The molecule has 0 rings (SSSR count). The quantitative estimate of drug-likeness (QED) is 0.626. The lowest BCUT2D eigenvalue weighted by Crippen LogP contribution is -1.95. The first-order valence-electron chi connectivity index (χ1n) is 3.98. The van der Waals surface area contributed by atoms with Crippen LogP contribution in [0.15, 0.2) is 0 Å². The molecule has 0 amide bonds. The summed E-state index contributed by atoms with van der Waals surface area (Å²) in [6, 6.07) is 0. The highest BCUT2D eigenvalue weighted by Gasteiger charge is 1.90. The average molecular weight is 180 g/mol. The van der Waals surface area contributed by atoms with E-state index in [0.717, 1.165) is 0 Å². The Kier molecular flexibility index (Phi) is 6.41. The normalized spacial score (nSPS) is 10.3. The number of carboxylic acids is 1. The van der Waals surface area contributed by atoms with E-state index in [1.54, 1.807) is 6.92 Å². The monoisotopic (exact) mass is 180 g/mol. The molecule has 0 bridgehead atoms. The third kappa shape index (κ3) is 10.6. The van der Waals surface area contributed by atoms with Gasteiger partial charge in [-0.15, -0.1) is 0 Å². The Bertz CT molecular complexity index is 270. The largest absolute Gasteiger partial charge is 0.481 e. The summed E-state index contributed by atoms with van der Waals surface area (Å²) in [5.41, 5.74) is 0. The minimum Gasteiger partial charge on any atom is -0.481 e. The van der Waals surface area contributed by atoms with E-state index in [4.69, 9.17) is 10.2 Å². The Morgan fingerprint density at radius 2 is 2.00 bits per heavy atom. The van der Waals surface area contributed by atoms with Gasteiger partial charge in [-0.25, -0.2) is 0 Å². The summed E-state index contributed by atoms with van der Waals surface area (Å²) in [4.78, 5) is 10.0. The van der Waals surface area contributed by atoms with Gasteiger partial charge in [0, 0.05) is 12.8 Å². The molecule has 0 aliphatic rings. The van der Waals surface area contributed by atoms with Crippen molar-refractivity contribution in [2.24, 2.45) is 0 Å². The Labute approximate surface area is 77.8 Å². The lowest BCUT2D eigenvalue weighted by Gasteiger charge is -1.90. The van der Waals surface area contributed by atoms with Gasteiger partial charge in [-0.3, -0.25) is 4.79 Å². The van der Waals surface area contributed by atoms with Crippen molar-refractivity contribution in [3.05, 3.63) is 0 Å². The van der Waals surface area contributed by atoms with Crippen LogP contribution in [0.4, 0.5) is 0 Å². The molecule has 0 saturated heterocycles. The van der Waals surface area contributed by atoms with Crippen LogP contribution in [0.25, 0.3) is 0 Å². The van der Waals surface area contributed by atoms with E-state index >= 15 is 0 Å². The van der Waals surface area contributed by atoms with Crippen molar-refractivity contribution in [3.8, 4) is 23.7 Å². The molecular formula is C10H12O3. The molecular weight excluding hydrogens is 168 g/mol. The standard InChI is InChI=1S/C10H12O3/c1-9(11)7-5-3-2-4-6-8-10(12)13/h9,11H,6-8H2,1H3,(H,12,13). The van der Waals surface area contributed by atoms with Gasteiger partial charge in [-0.2, -0.15) is 0 Å². The maximum atomic E-state index is 10.0. The third-order valence-electron chi connectivity index (χ3n) is 1.10. The molecule has 1 unspecified atom stereocenters. The van der Waals surface area contributed by atoms with E-state index in [2.05, 4.69) is 23.7 Å². The van der Waals surface area contributed by atoms with Crippen molar-refractivity contribution in [2.75, 3.05) is 0 Å². The molecule has 3 nitrogen and oxygen atoms in total. The van der Waals surface area contributed by atoms with E-state index in [1.807, 2.05) is 0 Å². The Balaban J connectivity index is 3.58. The van der Waals surface area contributed by atoms with Crippen molar-refractivity contribution in [3.63, 3.8) is 0 Å². The number of aliphatic carboxylic acids is 1. The van der Waals surface area contributed by atoms with Gasteiger partial charge in [0.1, 0.15) is 0 Å². The summed E-state index contributed by atoms with van der Waals surface area (Å²) in [6.07, 6.45) is 0.325. The fourth-order valence-electron chi connectivity index (χ4n) is 0.519. The highest BCUT2D eigenvalue weighted by molar-refractivity contribution is 5.67. The van der Waals surface area contributed by atoms with Gasteiger partial charge >= 0.3 is 5.97 Å². The molecule has 70 valence electrons. The van der Waals surface area contributed by atoms with Gasteiger partial charge in [-0.1, -0.05) is 11.8 Å². The number of aliphatic hydroxyl groups excluding tert-OH is 1. The smallest absolute Gasteiger partial charge is 0.304 e. The van der Waals surface area contributed by atoms with Crippen LogP contribution in [-0.4, -0.2) is 22.3 Å². The molecule has 0 spiro atoms. The first-order valence-corrected chi connectivity index (χ1v) is 3.98. The van der Waals surface area contributed by atoms with E-state index in [1.165, 1.54) is 0 Å². The minimum atomic E-state index is -0.855. The van der Waals surface area contributed by atoms with E-state index < -0.39 is 12.1 Å². The number of hydrogen-bond donors (Lipinski definition) is 2. The summed E-state index contributed by atoms with van der Waals surface area (Å²) in [6.45, 7) is 1.65. The zero-order valence-corrected chi connectivity index (χ0v) is 7.50. The van der Waals surface area contributed by atoms with Crippen LogP contribution < -0.4 is 0 Å². The summed E-state index contributed by atoms with van der Waals surface area (Å²) >= 11 is 0. The molecule has 0 aromatic carbocycles. The van der Waals surface area contributed by atoms with Gasteiger partial charge < -0.3 is 10.2 Å². The fraction of sp³-hybridized carbons (Fsp3) is 0.500. The number of rotatable bonds is 3. The SMILES string of the molecule is CC(O)CC#CC#CCCC(=O)O. The summed E-state index contributed by atoms with van der Waals surface area (Å²) < 4.78 is 0. The predicted octanol–water partition coefficient (Wildman–Crippen LogP) is 0.629. The molecule has 1 atom stereocenters. The van der Waals surface area contributed by atoms with E-state index in [-0.39, 0.29) is 6.42 Å². The first kappa shape index (κ1) is 11.6. The molecule has 0 aliphatic carbocycles.